The van der Waals surface area contributed by atoms with Crippen molar-refractivity contribution in [3.05, 3.63) is 0 Å². The summed E-state index contributed by atoms with van der Waals surface area (Å²) in [7, 11) is 7.12. The van der Waals surface area contributed by atoms with Gasteiger partial charge in [-0.2, -0.15) is 0 Å². The molecular weight excluding hydrogens is 676 g/mol. The van der Waals surface area contributed by atoms with E-state index in [1.54, 1.807) is 41.5 Å². The molecule has 18 atom stereocenters. The minimum atomic E-state index is -1.80. The van der Waals surface area contributed by atoms with Gasteiger partial charge in [-0.25, -0.2) is 0 Å². The first kappa shape index (κ1) is 45.4. The molecule has 0 saturated carbocycles. The van der Waals surface area contributed by atoms with E-state index >= 15 is 0 Å². The molecule has 0 aromatic heterocycles. The quantitative estimate of drug-likeness (QED) is 0.238. The average molecular weight is 749 g/mol. The number of likely N-dealkylation sites (N-methyl/N-ethyl adjacent to an activating group) is 2. The van der Waals surface area contributed by atoms with E-state index in [0.717, 1.165) is 0 Å². The summed E-state index contributed by atoms with van der Waals surface area (Å²) in [6.07, 6.45) is -8.19. The Hall–Kier alpha value is -1.01. The number of aliphatic hydroxyl groups excluding tert-OH is 3. The predicted molar refractivity (Wildman–Crippen MR) is 194 cm³/mol. The average Bonchev–Trinajstić information content (AvgIpc) is 3.05. The monoisotopic (exact) mass is 749 g/mol. The van der Waals surface area contributed by atoms with Crippen molar-refractivity contribution in [2.24, 2.45) is 17.8 Å². The molecule has 14 nitrogen and oxygen atoms in total. The SMILES string of the molecule is CC[C@@H]1OC(=O)[C@H](C)[C@H](OC2CC(C)(OC)C(O)C(C)O2)[C@@H](C)[C@H](OC2OC(C)CC(N(C)C)C2O)[C@](C)(O)C[C@H](C)CN(C)[C@H](C)[C@@H](O)C1(C)O. The minimum absolute atomic E-state index is 0.133. The smallest absolute Gasteiger partial charge is 0.311 e. The van der Waals surface area contributed by atoms with E-state index in [-0.39, 0.29) is 37.3 Å². The molecule has 3 saturated heterocycles. The van der Waals surface area contributed by atoms with E-state index in [0.29, 0.717) is 13.0 Å². The lowest BCUT2D eigenvalue weighted by molar-refractivity contribution is -0.318. The van der Waals surface area contributed by atoms with Crippen molar-refractivity contribution >= 4 is 5.97 Å². The number of ether oxygens (including phenoxy) is 6. The van der Waals surface area contributed by atoms with Crippen molar-refractivity contribution in [1.29, 1.82) is 0 Å². The third-order valence-electron chi connectivity index (χ3n) is 12.2. The molecule has 52 heavy (non-hydrogen) atoms. The Balaban J connectivity index is 2.17. The van der Waals surface area contributed by atoms with Crippen molar-refractivity contribution in [3.8, 4) is 0 Å². The van der Waals surface area contributed by atoms with Crippen LogP contribution in [0.15, 0.2) is 0 Å². The van der Waals surface area contributed by atoms with Gasteiger partial charge in [0, 0.05) is 38.1 Å². The van der Waals surface area contributed by atoms with Crippen molar-refractivity contribution < 1.29 is 58.7 Å². The van der Waals surface area contributed by atoms with Crippen LogP contribution >= 0.6 is 0 Å². The molecule has 14 heteroatoms. The number of hydrogen-bond acceptors (Lipinski definition) is 14. The number of hydrogen-bond donors (Lipinski definition) is 5. The van der Waals surface area contributed by atoms with Crippen molar-refractivity contribution in [3.63, 3.8) is 0 Å². The fourth-order valence-electron chi connectivity index (χ4n) is 8.74. The number of cyclic esters (lactones) is 1. The first-order valence-electron chi connectivity index (χ1n) is 19.1. The number of nitrogens with zero attached hydrogens (tertiary/aromatic N) is 2. The number of carbonyl (C=O) groups is 1. The van der Waals surface area contributed by atoms with Gasteiger partial charge in [0.15, 0.2) is 12.6 Å². The van der Waals surface area contributed by atoms with Gasteiger partial charge in [0.2, 0.25) is 0 Å². The maximum Gasteiger partial charge on any atom is 0.311 e. The van der Waals surface area contributed by atoms with E-state index in [2.05, 4.69) is 0 Å². The van der Waals surface area contributed by atoms with Crippen LogP contribution in [0.5, 0.6) is 0 Å². The molecule has 0 radical (unpaired) electrons. The number of rotatable bonds is 7. The Morgan fingerprint density at radius 1 is 0.942 bits per heavy atom. The normalized spacial score (nSPS) is 49.6. The molecule has 0 aromatic rings. The lowest BCUT2D eigenvalue weighted by atomic mass is 9.77. The number of aliphatic hydroxyl groups is 5. The summed E-state index contributed by atoms with van der Waals surface area (Å²) in [4.78, 5) is 18.0. The Morgan fingerprint density at radius 2 is 1.56 bits per heavy atom. The van der Waals surface area contributed by atoms with Crippen LogP contribution in [-0.2, 0) is 33.2 Å². The van der Waals surface area contributed by atoms with E-state index in [1.165, 1.54) is 14.0 Å². The van der Waals surface area contributed by atoms with Crippen LogP contribution in [0.2, 0.25) is 0 Å². The van der Waals surface area contributed by atoms with E-state index in [1.807, 2.05) is 51.7 Å². The lowest BCUT2D eigenvalue weighted by Crippen LogP contribution is -2.60. The summed E-state index contributed by atoms with van der Waals surface area (Å²) in [5, 5.41) is 58.1. The number of carbonyl (C=O) groups excluding carboxylic acids is 1. The van der Waals surface area contributed by atoms with E-state index in [9.17, 15) is 30.3 Å². The van der Waals surface area contributed by atoms with Gasteiger partial charge in [0.25, 0.3) is 0 Å². The fraction of sp³-hybridized carbons (Fsp3) is 0.974. The molecule has 0 spiro atoms. The summed E-state index contributed by atoms with van der Waals surface area (Å²) < 4.78 is 37.5. The molecule has 3 heterocycles. The highest BCUT2D eigenvalue weighted by atomic mass is 16.7. The van der Waals surface area contributed by atoms with Crippen LogP contribution in [0.3, 0.4) is 0 Å². The zero-order chi connectivity index (χ0) is 39.7. The van der Waals surface area contributed by atoms with Crippen LogP contribution in [0.4, 0.5) is 0 Å². The van der Waals surface area contributed by atoms with Crippen LogP contribution in [0.25, 0.3) is 0 Å². The van der Waals surface area contributed by atoms with Gasteiger partial charge >= 0.3 is 5.97 Å². The Morgan fingerprint density at radius 3 is 2.12 bits per heavy atom. The standard InChI is InChI=1S/C38H72N2O12/c1-15-27-38(10,46)31(42)24(6)40(13)19-20(2)17-36(8,45)33(52-35-29(41)26(39(11)12)16-21(3)48-35)22(4)30(23(5)34(44)50-27)51-28-18-37(9,47-14)32(43)25(7)49-28/h20-33,35,41-43,45-46H,15-19H2,1-14H3/t20-,21?,22+,23+,24+,25?,26?,27-,28?,29?,30+,31+,32?,33-,35?,36+,37?,38?/m0/s1. The Kier molecular flexibility index (Phi) is 15.6. The van der Waals surface area contributed by atoms with Crippen molar-refractivity contribution in [2.45, 2.75) is 185 Å². The summed E-state index contributed by atoms with van der Waals surface area (Å²) in [5.41, 5.74) is -4.37. The molecule has 3 rings (SSSR count). The van der Waals surface area contributed by atoms with Crippen LogP contribution < -0.4 is 0 Å². The Bertz CT molecular complexity index is 1140. The maximum atomic E-state index is 14.2. The number of methoxy groups -OCH3 is 1. The third-order valence-corrected chi connectivity index (χ3v) is 12.2. The van der Waals surface area contributed by atoms with Gasteiger partial charge in [-0.05, 0) is 94.8 Å². The molecule has 3 aliphatic rings. The molecule has 0 aliphatic carbocycles. The molecule has 306 valence electrons. The summed E-state index contributed by atoms with van der Waals surface area (Å²) in [6, 6.07) is -0.808. The Labute approximate surface area is 312 Å². The molecule has 0 bridgehead atoms. The van der Waals surface area contributed by atoms with Gasteiger partial charge in [0.05, 0.1) is 41.5 Å². The summed E-state index contributed by atoms with van der Waals surface area (Å²) >= 11 is 0. The second-order valence-corrected chi connectivity index (χ2v) is 17.2. The highest BCUT2D eigenvalue weighted by Crippen LogP contribution is 2.40. The van der Waals surface area contributed by atoms with Gasteiger partial charge in [-0.15, -0.1) is 0 Å². The first-order chi connectivity index (χ1) is 23.9. The largest absolute Gasteiger partial charge is 0.459 e. The molecule has 5 N–H and O–H groups in total. The number of esters is 1. The second kappa shape index (κ2) is 17.8. The maximum absolute atomic E-state index is 14.2. The van der Waals surface area contributed by atoms with Crippen LogP contribution in [0, 0.1) is 17.8 Å². The zero-order valence-electron chi connectivity index (χ0n) is 34.2. The predicted octanol–water partition coefficient (Wildman–Crippen LogP) is 1.90. The fourth-order valence-corrected chi connectivity index (χ4v) is 8.74. The van der Waals surface area contributed by atoms with Crippen LogP contribution in [0.1, 0.15) is 94.9 Å². The van der Waals surface area contributed by atoms with E-state index in [4.69, 9.17) is 28.4 Å². The van der Waals surface area contributed by atoms with Crippen molar-refractivity contribution in [2.75, 3.05) is 34.8 Å². The highest BCUT2D eigenvalue weighted by Gasteiger charge is 2.52. The molecule has 3 aliphatic heterocycles. The van der Waals surface area contributed by atoms with Gasteiger partial charge in [0.1, 0.15) is 30.0 Å². The molecular formula is C38H72N2O12. The molecule has 0 amide bonds. The van der Waals surface area contributed by atoms with Gasteiger partial charge in [-0.3, -0.25) is 4.79 Å². The van der Waals surface area contributed by atoms with Gasteiger partial charge < -0.3 is 63.8 Å². The lowest BCUT2D eigenvalue weighted by Gasteiger charge is -2.48. The summed E-state index contributed by atoms with van der Waals surface area (Å²) in [6.45, 7) is 18.0. The zero-order valence-corrected chi connectivity index (χ0v) is 34.2. The highest BCUT2D eigenvalue weighted by molar-refractivity contribution is 5.73. The molecule has 9 unspecified atom stereocenters. The summed E-state index contributed by atoms with van der Waals surface area (Å²) in [5.74, 6) is -2.58. The topological polar surface area (TPSA) is 180 Å². The third kappa shape index (κ3) is 10.0. The van der Waals surface area contributed by atoms with Crippen molar-refractivity contribution in [1.82, 2.24) is 9.80 Å². The molecule has 0 aromatic carbocycles. The second-order valence-electron chi connectivity index (χ2n) is 17.2. The minimum Gasteiger partial charge on any atom is -0.459 e. The van der Waals surface area contributed by atoms with Crippen LogP contribution in [-0.4, -0.2) is 166 Å². The van der Waals surface area contributed by atoms with Gasteiger partial charge in [-0.1, -0.05) is 20.8 Å². The molecule has 3 fully saturated rings. The first-order valence-corrected chi connectivity index (χ1v) is 19.1. The van der Waals surface area contributed by atoms with E-state index < -0.39 is 96.0 Å².